The van der Waals surface area contributed by atoms with E-state index in [4.69, 9.17) is 4.42 Å². The Morgan fingerprint density at radius 2 is 2.00 bits per heavy atom. The number of ketones is 1. The number of hydrogen-bond donors (Lipinski definition) is 2. The topological polar surface area (TPSA) is 104 Å². The van der Waals surface area contributed by atoms with Crippen LogP contribution in [0.25, 0.3) is 0 Å². The van der Waals surface area contributed by atoms with Crippen LogP contribution >= 0.6 is 0 Å². The van der Waals surface area contributed by atoms with Crippen molar-refractivity contribution in [1.82, 2.24) is 5.32 Å². The predicted molar refractivity (Wildman–Crippen MR) is 64.7 cm³/mol. The highest BCUT2D eigenvalue weighted by Gasteiger charge is 2.21. The van der Waals surface area contributed by atoms with Gasteiger partial charge in [0.1, 0.15) is 12.3 Å². The molecule has 0 aromatic carbocycles. The van der Waals surface area contributed by atoms with Crippen molar-refractivity contribution < 1.29 is 28.8 Å². The van der Waals surface area contributed by atoms with Gasteiger partial charge in [0.2, 0.25) is 0 Å². The van der Waals surface area contributed by atoms with E-state index >= 15 is 0 Å². The van der Waals surface area contributed by atoms with E-state index in [1.807, 2.05) is 0 Å². The highest BCUT2D eigenvalue weighted by atomic mass is 16.4. The number of carboxylic acids is 1. The van der Waals surface area contributed by atoms with E-state index in [1.165, 1.54) is 11.0 Å². The summed E-state index contributed by atoms with van der Waals surface area (Å²) in [5.74, 6) is -0.922. The highest BCUT2D eigenvalue weighted by Crippen LogP contribution is 2.07. The lowest BCUT2D eigenvalue weighted by atomic mass is 10.1. The summed E-state index contributed by atoms with van der Waals surface area (Å²) in [6, 6.07) is 3.20. The Labute approximate surface area is 115 Å². The van der Waals surface area contributed by atoms with Crippen LogP contribution in [-0.2, 0) is 16.1 Å². The van der Waals surface area contributed by atoms with Crippen LogP contribution in [0.4, 0.5) is 0 Å². The minimum absolute atomic E-state index is 0.0775. The van der Waals surface area contributed by atoms with E-state index in [0.717, 1.165) is 13.1 Å². The summed E-state index contributed by atoms with van der Waals surface area (Å²) in [7, 11) is 0. The van der Waals surface area contributed by atoms with Crippen LogP contribution in [0.5, 0.6) is 0 Å². The molecule has 0 radical (unpaired) electrons. The molecule has 1 aromatic heterocycles. The van der Waals surface area contributed by atoms with Crippen LogP contribution in [0.2, 0.25) is 0 Å². The minimum Gasteiger partial charge on any atom is -0.548 e. The first-order chi connectivity index (χ1) is 9.54. The first kappa shape index (κ1) is 14.3. The Kier molecular flexibility index (Phi) is 4.52. The summed E-state index contributed by atoms with van der Waals surface area (Å²) < 4.78 is 5.38. The molecule has 0 bridgehead atoms. The molecule has 1 aromatic rings. The fourth-order valence-corrected chi connectivity index (χ4v) is 2.14. The first-order valence-corrected chi connectivity index (χ1v) is 6.46. The van der Waals surface area contributed by atoms with Crippen molar-refractivity contribution in [3.05, 3.63) is 23.7 Å². The van der Waals surface area contributed by atoms with E-state index in [0.29, 0.717) is 25.1 Å². The number of carbonyl (C=O) groups is 3. The fourth-order valence-electron chi connectivity index (χ4n) is 2.14. The van der Waals surface area contributed by atoms with E-state index in [9.17, 15) is 19.5 Å². The number of nitrogens with one attached hydrogen (secondary N) is 2. The Morgan fingerprint density at radius 1 is 1.30 bits per heavy atom. The lowest BCUT2D eigenvalue weighted by Crippen LogP contribution is -3.11. The van der Waals surface area contributed by atoms with Crippen LogP contribution in [0.1, 0.15) is 29.2 Å². The summed E-state index contributed by atoms with van der Waals surface area (Å²) in [6.45, 7) is 1.60. The summed E-state index contributed by atoms with van der Waals surface area (Å²) in [5.41, 5.74) is 0. The Hall–Kier alpha value is -2.15. The lowest BCUT2D eigenvalue weighted by molar-refractivity contribution is -0.916. The number of furan rings is 1. The monoisotopic (exact) mass is 280 g/mol. The van der Waals surface area contributed by atoms with Gasteiger partial charge in [-0.3, -0.25) is 9.59 Å². The second-order valence-corrected chi connectivity index (χ2v) is 4.79. The zero-order valence-corrected chi connectivity index (χ0v) is 10.9. The van der Waals surface area contributed by atoms with E-state index in [1.54, 1.807) is 6.07 Å². The van der Waals surface area contributed by atoms with Crippen molar-refractivity contribution in [1.29, 1.82) is 0 Å². The van der Waals surface area contributed by atoms with Gasteiger partial charge in [-0.1, -0.05) is 0 Å². The Morgan fingerprint density at radius 3 is 2.65 bits per heavy atom. The third-order valence-corrected chi connectivity index (χ3v) is 3.22. The number of carbonyl (C=O) groups excluding carboxylic acids is 3. The van der Waals surface area contributed by atoms with Crippen molar-refractivity contribution in [2.45, 2.75) is 19.4 Å². The van der Waals surface area contributed by atoms with Gasteiger partial charge in [0, 0.05) is 0 Å². The molecule has 2 heterocycles. The van der Waals surface area contributed by atoms with Crippen molar-refractivity contribution in [3.8, 4) is 0 Å². The van der Waals surface area contributed by atoms with E-state index in [-0.39, 0.29) is 11.5 Å². The molecule has 2 rings (SSSR count). The SMILES string of the molecule is O=C([O-])CNC(=O)c1ccc(C[NH+]2CCC(=O)CC2)o1. The normalized spacial score (nSPS) is 16.1. The molecule has 0 spiro atoms. The van der Waals surface area contributed by atoms with Gasteiger partial charge < -0.3 is 24.5 Å². The maximum atomic E-state index is 11.6. The number of likely N-dealkylation sites (tertiary alicyclic amines) is 1. The molecule has 7 heteroatoms. The number of hydrogen-bond acceptors (Lipinski definition) is 5. The molecular formula is C13H16N2O5. The molecule has 1 saturated heterocycles. The van der Waals surface area contributed by atoms with Gasteiger partial charge in [-0.2, -0.15) is 0 Å². The average molecular weight is 280 g/mol. The number of quaternary nitrogens is 1. The van der Waals surface area contributed by atoms with Gasteiger partial charge in [-0.05, 0) is 12.1 Å². The highest BCUT2D eigenvalue weighted by molar-refractivity contribution is 5.93. The molecule has 0 aliphatic carbocycles. The van der Waals surface area contributed by atoms with Crippen molar-refractivity contribution in [3.63, 3.8) is 0 Å². The third-order valence-electron chi connectivity index (χ3n) is 3.22. The summed E-state index contributed by atoms with van der Waals surface area (Å²) in [5, 5.41) is 12.4. The molecule has 1 aliphatic rings. The van der Waals surface area contributed by atoms with Crippen LogP contribution in [0, 0.1) is 0 Å². The average Bonchev–Trinajstić information content (AvgIpc) is 2.87. The van der Waals surface area contributed by atoms with Gasteiger partial charge in [-0.25, -0.2) is 0 Å². The smallest absolute Gasteiger partial charge is 0.287 e. The maximum absolute atomic E-state index is 11.6. The first-order valence-electron chi connectivity index (χ1n) is 6.46. The van der Waals surface area contributed by atoms with Gasteiger partial charge >= 0.3 is 0 Å². The molecule has 20 heavy (non-hydrogen) atoms. The number of amides is 1. The number of carboxylic acid groups (broad SMARTS) is 1. The third kappa shape index (κ3) is 3.92. The van der Waals surface area contributed by atoms with Crippen LogP contribution in [-0.4, -0.2) is 37.3 Å². The fraction of sp³-hybridized carbons (Fsp3) is 0.462. The zero-order chi connectivity index (χ0) is 14.5. The predicted octanol–water partition coefficient (Wildman–Crippen LogP) is -2.49. The zero-order valence-electron chi connectivity index (χ0n) is 10.9. The second kappa shape index (κ2) is 6.33. The molecular weight excluding hydrogens is 264 g/mol. The summed E-state index contributed by atoms with van der Waals surface area (Å²) in [6.07, 6.45) is 1.16. The van der Waals surface area contributed by atoms with Crippen molar-refractivity contribution in [2.24, 2.45) is 0 Å². The maximum Gasteiger partial charge on any atom is 0.287 e. The summed E-state index contributed by atoms with van der Waals surface area (Å²) in [4.78, 5) is 34.2. The quantitative estimate of drug-likeness (QED) is 0.621. The van der Waals surface area contributed by atoms with E-state index in [2.05, 4.69) is 5.32 Å². The van der Waals surface area contributed by atoms with Gasteiger partial charge in [0.05, 0.1) is 38.4 Å². The standard InChI is InChI=1S/C13H16N2O5/c16-9-3-5-15(6-4-9)8-10-1-2-11(20-10)13(19)14-7-12(17)18/h1-2H,3-8H2,(H,14,19)(H,17,18). The van der Waals surface area contributed by atoms with Gasteiger partial charge in [0.15, 0.2) is 11.5 Å². The van der Waals surface area contributed by atoms with Crippen molar-refractivity contribution in [2.75, 3.05) is 19.6 Å². The van der Waals surface area contributed by atoms with Gasteiger partial charge in [-0.15, -0.1) is 0 Å². The number of piperidine rings is 1. The molecule has 108 valence electrons. The molecule has 1 fully saturated rings. The van der Waals surface area contributed by atoms with Crippen LogP contribution in [0.15, 0.2) is 16.5 Å². The molecule has 0 unspecified atom stereocenters. The number of aliphatic carboxylic acids is 1. The number of Topliss-reactive ketones (excluding diaryl/α,β-unsaturated/α-hetero) is 1. The van der Waals surface area contributed by atoms with Crippen LogP contribution < -0.4 is 15.3 Å². The minimum atomic E-state index is -1.35. The van der Waals surface area contributed by atoms with Crippen LogP contribution in [0.3, 0.4) is 0 Å². The lowest BCUT2D eigenvalue weighted by Gasteiger charge is -2.21. The molecule has 1 amide bonds. The molecule has 1 aliphatic heterocycles. The van der Waals surface area contributed by atoms with Crippen molar-refractivity contribution >= 4 is 17.7 Å². The number of rotatable bonds is 5. The molecule has 0 saturated carbocycles. The van der Waals surface area contributed by atoms with E-state index < -0.39 is 18.4 Å². The Bertz CT molecular complexity index is 513. The molecule has 7 nitrogen and oxygen atoms in total. The Balaban J connectivity index is 1.87. The second-order valence-electron chi connectivity index (χ2n) is 4.79. The molecule has 2 N–H and O–H groups in total. The largest absolute Gasteiger partial charge is 0.548 e. The molecule has 0 atom stereocenters. The van der Waals surface area contributed by atoms with Gasteiger partial charge in [0.25, 0.3) is 5.91 Å². The summed E-state index contributed by atoms with van der Waals surface area (Å²) >= 11 is 0.